The van der Waals surface area contributed by atoms with Crippen LogP contribution in [0.1, 0.15) is 45.9 Å². The number of aryl methyl sites for hydroxylation is 1. The Bertz CT molecular complexity index is 1100. The lowest BCUT2D eigenvalue weighted by Gasteiger charge is -2.25. The van der Waals surface area contributed by atoms with E-state index < -0.39 is 5.97 Å². The maximum atomic E-state index is 11.2. The highest BCUT2D eigenvalue weighted by atomic mass is 32.1. The normalized spacial score (nSPS) is 18.3. The van der Waals surface area contributed by atoms with Gasteiger partial charge in [-0.15, -0.1) is 0 Å². The Morgan fingerprint density at radius 3 is 2.77 bits per heavy atom. The number of aliphatic hydroxyl groups excluding tert-OH is 1. The Hall–Kier alpha value is -3.23. The number of thiocarbonyl (C=S) groups is 1. The molecule has 0 spiro atoms. The molecule has 2 atom stereocenters. The van der Waals surface area contributed by atoms with Gasteiger partial charge in [-0.1, -0.05) is 12.1 Å². The highest BCUT2D eigenvalue weighted by Gasteiger charge is 2.41. The van der Waals surface area contributed by atoms with Crippen LogP contribution in [0.25, 0.3) is 11.3 Å². The lowest BCUT2D eigenvalue weighted by Crippen LogP contribution is -2.30. The molecule has 1 aliphatic heterocycles. The van der Waals surface area contributed by atoms with Crippen molar-refractivity contribution in [3.05, 3.63) is 77.3 Å². The summed E-state index contributed by atoms with van der Waals surface area (Å²) < 4.78 is 6.27. The third-order valence-electron chi connectivity index (χ3n) is 5.41. The highest BCUT2D eigenvalue weighted by molar-refractivity contribution is 7.80. The van der Waals surface area contributed by atoms with Gasteiger partial charge in [0.25, 0.3) is 0 Å². The fraction of sp³-hybridized carbons (Fsp3) is 0.261. The van der Waals surface area contributed by atoms with Crippen LogP contribution >= 0.6 is 12.2 Å². The monoisotopic (exact) mass is 437 g/mol. The molecule has 160 valence electrons. The van der Waals surface area contributed by atoms with Gasteiger partial charge in [-0.2, -0.15) is 0 Å². The molecule has 0 radical (unpaired) electrons. The molecule has 0 saturated carbocycles. The second kappa shape index (κ2) is 8.87. The zero-order chi connectivity index (χ0) is 22.0. The predicted octanol–water partition coefficient (Wildman–Crippen LogP) is 3.70. The quantitative estimate of drug-likeness (QED) is 0.481. The molecule has 0 bridgehead atoms. The van der Waals surface area contributed by atoms with Crippen LogP contribution in [-0.2, 0) is 0 Å². The first kappa shape index (κ1) is 21.0. The van der Waals surface area contributed by atoms with Crippen molar-refractivity contribution in [2.75, 3.05) is 13.2 Å². The van der Waals surface area contributed by atoms with Gasteiger partial charge in [0.2, 0.25) is 0 Å². The number of furan rings is 1. The van der Waals surface area contributed by atoms with Crippen molar-refractivity contribution >= 4 is 23.3 Å². The number of aromatic nitrogens is 1. The maximum Gasteiger partial charge on any atom is 0.335 e. The number of benzene rings is 1. The molecule has 1 saturated heterocycles. The van der Waals surface area contributed by atoms with Crippen LogP contribution in [-0.4, -0.2) is 44.3 Å². The molecule has 4 rings (SSSR count). The van der Waals surface area contributed by atoms with Crippen LogP contribution in [0.2, 0.25) is 0 Å². The minimum Gasteiger partial charge on any atom is -0.478 e. The van der Waals surface area contributed by atoms with Gasteiger partial charge < -0.3 is 24.8 Å². The minimum atomic E-state index is -0.960. The summed E-state index contributed by atoms with van der Waals surface area (Å²) in [6.07, 6.45) is 2.32. The van der Waals surface area contributed by atoms with Gasteiger partial charge in [0.05, 0.1) is 17.3 Å². The zero-order valence-electron chi connectivity index (χ0n) is 17.0. The van der Waals surface area contributed by atoms with Crippen LogP contribution in [0, 0.1) is 6.92 Å². The number of aromatic carboxylic acids is 1. The smallest absolute Gasteiger partial charge is 0.335 e. The van der Waals surface area contributed by atoms with E-state index in [0.717, 1.165) is 22.6 Å². The molecule has 1 fully saturated rings. The zero-order valence-corrected chi connectivity index (χ0v) is 17.8. The van der Waals surface area contributed by atoms with Crippen molar-refractivity contribution in [2.45, 2.75) is 25.4 Å². The number of pyridine rings is 1. The number of carbonyl (C=O) groups is 1. The predicted molar refractivity (Wildman–Crippen MR) is 120 cm³/mol. The fourth-order valence-corrected chi connectivity index (χ4v) is 4.26. The summed E-state index contributed by atoms with van der Waals surface area (Å²) in [7, 11) is 0. The van der Waals surface area contributed by atoms with E-state index in [9.17, 15) is 15.0 Å². The van der Waals surface area contributed by atoms with Crippen LogP contribution in [0.15, 0.2) is 59.1 Å². The summed E-state index contributed by atoms with van der Waals surface area (Å²) >= 11 is 5.58. The molecule has 0 amide bonds. The van der Waals surface area contributed by atoms with E-state index in [0.29, 0.717) is 23.8 Å². The Kier molecular flexibility index (Phi) is 6.01. The summed E-state index contributed by atoms with van der Waals surface area (Å²) in [5.41, 5.74) is 2.74. The van der Waals surface area contributed by atoms with Gasteiger partial charge in [-0.05, 0) is 67.5 Å². The van der Waals surface area contributed by atoms with Gasteiger partial charge in [0.1, 0.15) is 17.6 Å². The molecule has 0 aliphatic carbocycles. The number of nitrogens with zero attached hydrogens (tertiary/aromatic N) is 2. The topological polar surface area (TPSA) is 98.8 Å². The lowest BCUT2D eigenvalue weighted by atomic mass is 10.0. The molecule has 1 aliphatic rings. The van der Waals surface area contributed by atoms with Gasteiger partial charge in [-0.25, -0.2) is 4.79 Å². The standard InChI is InChI=1S/C23H23N3O4S/c1-14-13-15(22(28)29)6-7-16(14)18-8-9-19(30-18)21-20(17-5-2-3-10-24-17)25-23(31)26(21)11-4-12-27/h2-3,5-10,13,20-21,27H,4,11-12H2,1H3,(H,25,31)(H,28,29)/t20-,21-/m0/s1. The van der Waals surface area contributed by atoms with E-state index in [-0.39, 0.29) is 24.3 Å². The number of carboxylic acids is 1. The van der Waals surface area contributed by atoms with Gasteiger partial charge in [0, 0.05) is 24.9 Å². The Morgan fingerprint density at radius 1 is 1.26 bits per heavy atom. The Labute approximate surface area is 185 Å². The maximum absolute atomic E-state index is 11.2. The van der Waals surface area contributed by atoms with Crippen LogP contribution in [0.5, 0.6) is 0 Å². The van der Waals surface area contributed by atoms with Gasteiger partial charge in [-0.3, -0.25) is 4.98 Å². The highest BCUT2D eigenvalue weighted by Crippen LogP contribution is 2.40. The first-order valence-electron chi connectivity index (χ1n) is 10.0. The van der Waals surface area contributed by atoms with Gasteiger partial charge >= 0.3 is 5.97 Å². The molecule has 0 unspecified atom stereocenters. The van der Waals surface area contributed by atoms with E-state index >= 15 is 0 Å². The van der Waals surface area contributed by atoms with Gasteiger partial charge in [0.15, 0.2) is 5.11 Å². The molecule has 31 heavy (non-hydrogen) atoms. The minimum absolute atomic E-state index is 0.0681. The molecule has 3 heterocycles. The molecule has 8 heteroatoms. The summed E-state index contributed by atoms with van der Waals surface area (Å²) in [5, 5.41) is 22.5. The van der Waals surface area contributed by atoms with E-state index in [4.69, 9.17) is 16.6 Å². The van der Waals surface area contributed by atoms with Crippen molar-refractivity contribution in [2.24, 2.45) is 0 Å². The second-order valence-electron chi connectivity index (χ2n) is 7.43. The lowest BCUT2D eigenvalue weighted by molar-refractivity contribution is 0.0696. The van der Waals surface area contributed by atoms with Crippen molar-refractivity contribution in [3.8, 4) is 11.3 Å². The average Bonchev–Trinajstić information content (AvgIpc) is 3.37. The number of nitrogens with one attached hydrogen (secondary N) is 1. The van der Waals surface area contributed by atoms with Crippen LogP contribution < -0.4 is 5.32 Å². The molecule has 3 aromatic rings. The van der Waals surface area contributed by atoms with Crippen molar-refractivity contribution in [1.29, 1.82) is 0 Å². The first-order chi connectivity index (χ1) is 15.0. The van der Waals surface area contributed by atoms with Crippen LogP contribution in [0.3, 0.4) is 0 Å². The molecule has 2 aromatic heterocycles. The molecular weight excluding hydrogens is 414 g/mol. The van der Waals surface area contributed by atoms with Crippen molar-refractivity contribution < 1.29 is 19.4 Å². The summed E-state index contributed by atoms with van der Waals surface area (Å²) in [4.78, 5) is 17.7. The van der Waals surface area contributed by atoms with E-state index in [1.807, 2.05) is 42.2 Å². The summed E-state index contributed by atoms with van der Waals surface area (Å²) in [5.74, 6) is 0.417. The average molecular weight is 438 g/mol. The van der Waals surface area contributed by atoms with E-state index in [2.05, 4.69) is 10.3 Å². The Balaban J connectivity index is 1.71. The van der Waals surface area contributed by atoms with Crippen molar-refractivity contribution in [3.63, 3.8) is 0 Å². The third kappa shape index (κ3) is 4.17. The van der Waals surface area contributed by atoms with Crippen molar-refractivity contribution in [1.82, 2.24) is 15.2 Å². The number of hydrogen-bond donors (Lipinski definition) is 3. The number of hydrogen-bond acceptors (Lipinski definition) is 5. The molecule has 7 nitrogen and oxygen atoms in total. The second-order valence-corrected chi connectivity index (χ2v) is 7.82. The Morgan fingerprint density at radius 2 is 2.10 bits per heavy atom. The summed E-state index contributed by atoms with van der Waals surface area (Å²) in [6.45, 7) is 2.51. The SMILES string of the molecule is Cc1cc(C(=O)O)ccc1-c1ccc([C@H]2[C@H](c3ccccn3)NC(=S)N2CCCO)o1. The summed E-state index contributed by atoms with van der Waals surface area (Å²) in [6, 6.07) is 14.1. The first-order valence-corrected chi connectivity index (χ1v) is 10.4. The van der Waals surface area contributed by atoms with E-state index in [1.54, 1.807) is 24.4 Å². The molecular formula is C23H23N3O4S. The fourth-order valence-electron chi connectivity index (χ4n) is 3.93. The number of carboxylic acid groups (broad SMARTS) is 1. The number of rotatable bonds is 7. The van der Waals surface area contributed by atoms with E-state index in [1.165, 1.54) is 0 Å². The largest absolute Gasteiger partial charge is 0.478 e. The number of aliphatic hydroxyl groups is 1. The third-order valence-corrected chi connectivity index (χ3v) is 5.76. The molecule has 3 N–H and O–H groups in total. The van der Waals surface area contributed by atoms with Crippen LogP contribution in [0.4, 0.5) is 0 Å². The molecule has 1 aromatic carbocycles.